The maximum atomic E-state index is 13.4. The van der Waals surface area contributed by atoms with Crippen molar-refractivity contribution < 1.29 is 14.3 Å². The predicted molar refractivity (Wildman–Crippen MR) is 130 cm³/mol. The summed E-state index contributed by atoms with van der Waals surface area (Å²) in [5, 5.41) is 1.31. The molecule has 6 nitrogen and oxygen atoms in total. The molecule has 170 valence electrons. The number of ether oxygens (including phenoxy) is 2. The van der Waals surface area contributed by atoms with Gasteiger partial charge in [0.2, 0.25) is 5.91 Å². The summed E-state index contributed by atoms with van der Waals surface area (Å²) in [7, 11) is 0. The third kappa shape index (κ3) is 5.59. The zero-order valence-corrected chi connectivity index (χ0v) is 19.8. The number of benzene rings is 2. The fourth-order valence-electron chi connectivity index (χ4n) is 3.80. The molecule has 4 rings (SSSR count). The van der Waals surface area contributed by atoms with E-state index in [1.165, 1.54) is 11.3 Å². The number of amides is 1. The van der Waals surface area contributed by atoms with Crippen LogP contribution in [0.15, 0.2) is 42.5 Å². The fraction of sp³-hybridized carbons (Fsp3) is 0.417. The van der Waals surface area contributed by atoms with Crippen LogP contribution in [0.4, 0.5) is 5.13 Å². The summed E-state index contributed by atoms with van der Waals surface area (Å²) in [5.74, 6) is 0.747. The number of anilines is 1. The quantitative estimate of drug-likeness (QED) is 0.453. The number of morpholine rings is 1. The van der Waals surface area contributed by atoms with E-state index in [1.807, 2.05) is 54.3 Å². The molecule has 0 saturated carbocycles. The van der Waals surface area contributed by atoms with Crippen molar-refractivity contribution in [2.75, 3.05) is 50.9 Å². The standard InChI is InChI=1S/C24H28ClN3O3S/c1-2-31-20-9-5-10-21-23(20)26-24(32-21)28(12-6-11-27-13-15-30-16-14-27)22(29)17-18-7-3-4-8-19(18)25/h3-5,7-10H,2,6,11-17H2,1H3. The number of carbonyl (C=O) groups is 1. The molecule has 0 spiro atoms. The summed E-state index contributed by atoms with van der Waals surface area (Å²) in [5.41, 5.74) is 1.63. The molecule has 1 amide bonds. The average molecular weight is 474 g/mol. The van der Waals surface area contributed by atoms with Gasteiger partial charge in [-0.2, -0.15) is 0 Å². The number of halogens is 1. The number of hydrogen-bond acceptors (Lipinski definition) is 6. The first-order valence-electron chi connectivity index (χ1n) is 11.0. The van der Waals surface area contributed by atoms with Crippen molar-refractivity contribution in [1.29, 1.82) is 0 Å². The van der Waals surface area contributed by atoms with Crippen LogP contribution >= 0.6 is 22.9 Å². The van der Waals surface area contributed by atoms with Crippen molar-refractivity contribution >= 4 is 44.2 Å². The van der Waals surface area contributed by atoms with E-state index >= 15 is 0 Å². The minimum atomic E-state index is -0.00269. The van der Waals surface area contributed by atoms with Gasteiger partial charge < -0.3 is 9.47 Å². The van der Waals surface area contributed by atoms with E-state index in [2.05, 4.69) is 4.90 Å². The molecule has 0 aliphatic carbocycles. The third-order valence-corrected chi connectivity index (χ3v) is 6.87. The Labute approximate surface area is 197 Å². The minimum Gasteiger partial charge on any atom is -0.492 e. The normalized spacial score (nSPS) is 14.6. The van der Waals surface area contributed by atoms with Crippen LogP contribution in [0.5, 0.6) is 5.75 Å². The molecule has 8 heteroatoms. The van der Waals surface area contributed by atoms with Crippen molar-refractivity contribution in [3.63, 3.8) is 0 Å². The van der Waals surface area contributed by atoms with Gasteiger partial charge in [-0.15, -0.1) is 0 Å². The second kappa shape index (κ2) is 11.1. The van der Waals surface area contributed by atoms with Gasteiger partial charge in [0.25, 0.3) is 0 Å². The first kappa shape index (κ1) is 23.0. The Kier molecular flexibility index (Phi) is 7.97. The number of aromatic nitrogens is 1. The Bertz CT molecular complexity index is 1050. The number of carbonyl (C=O) groups excluding carboxylic acids is 1. The van der Waals surface area contributed by atoms with E-state index < -0.39 is 0 Å². The molecular weight excluding hydrogens is 446 g/mol. The van der Waals surface area contributed by atoms with Crippen LogP contribution in [0.25, 0.3) is 10.2 Å². The molecule has 0 N–H and O–H groups in total. The van der Waals surface area contributed by atoms with E-state index in [9.17, 15) is 4.79 Å². The summed E-state index contributed by atoms with van der Waals surface area (Å²) < 4.78 is 12.2. The largest absolute Gasteiger partial charge is 0.492 e. The summed E-state index contributed by atoms with van der Waals surface area (Å²) in [6, 6.07) is 13.4. The highest BCUT2D eigenvalue weighted by Crippen LogP contribution is 2.34. The maximum absolute atomic E-state index is 13.4. The summed E-state index contributed by atoms with van der Waals surface area (Å²) in [4.78, 5) is 22.4. The van der Waals surface area contributed by atoms with E-state index in [4.69, 9.17) is 26.1 Å². The first-order valence-corrected chi connectivity index (χ1v) is 12.2. The molecule has 0 atom stereocenters. The van der Waals surface area contributed by atoms with E-state index in [1.54, 1.807) is 0 Å². The molecule has 1 fully saturated rings. The molecule has 1 aromatic heterocycles. The molecule has 32 heavy (non-hydrogen) atoms. The second-order valence-electron chi connectivity index (χ2n) is 7.65. The van der Waals surface area contributed by atoms with Crippen molar-refractivity contribution in [3.05, 3.63) is 53.1 Å². The Balaban J connectivity index is 1.56. The SMILES string of the molecule is CCOc1cccc2sc(N(CCCN3CCOCC3)C(=O)Cc3ccccc3Cl)nc12. The molecule has 0 unspecified atom stereocenters. The zero-order valence-electron chi connectivity index (χ0n) is 18.3. The number of nitrogens with zero attached hydrogens (tertiary/aromatic N) is 3. The van der Waals surface area contributed by atoms with Gasteiger partial charge in [-0.3, -0.25) is 14.6 Å². The van der Waals surface area contributed by atoms with E-state index in [-0.39, 0.29) is 12.3 Å². The monoisotopic (exact) mass is 473 g/mol. The van der Waals surface area contributed by atoms with Crippen LogP contribution in [0.3, 0.4) is 0 Å². The number of thiazole rings is 1. The van der Waals surface area contributed by atoms with Gasteiger partial charge in [-0.1, -0.05) is 47.2 Å². The molecule has 2 aromatic carbocycles. The number of fused-ring (bicyclic) bond motifs is 1. The van der Waals surface area contributed by atoms with Crippen LogP contribution in [0, 0.1) is 0 Å². The van der Waals surface area contributed by atoms with Crippen LogP contribution in [-0.2, 0) is 16.0 Å². The highest BCUT2D eigenvalue weighted by Gasteiger charge is 2.22. The summed E-state index contributed by atoms with van der Waals surface area (Å²) in [6.07, 6.45) is 1.11. The van der Waals surface area contributed by atoms with E-state index in [0.717, 1.165) is 60.8 Å². The van der Waals surface area contributed by atoms with Gasteiger partial charge in [-0.25, -0.2) is 4.98 Å². The highest BCUT2D eigenvalue weighted by atomic mass is 35.5. The molecule has 0 bridgehead atoms. The first-order chi connectivity index (χ1) is 15.7. The number of hydrogen-bond donors (Lipinski definition) is 0. The van der Waals surface area contributed by atoms with Gasteiger partial charge in [0.1, 0.15) is 11.3 Å². The van der Waals surface area contributed by atoms with Crippen molar-refractivity contribution in [2.45, 2.75) is 19.8 Å². The molecule has 0 radical (unpaired) electrons. The van der Waals surface area contributed by atoms with Gasteiger partial charge in [0.05, 0.1) is 30.9 Å². The Morgan fingerprint density at radius 2 is 2.03 bits per heavy atom. The molecule has 1 aliphatic rings. The Hall–Kier alpha value is -2.19. The lowest BCUT2D eigenvalue weighted by Crippen LogP contribution is -2.39. The van der Waals surface area contributed by atoms with Crippen LogP contribution < -0.4 is 9.64 Å². The third-order valence-electron chi connectivity index (χ3n) is 5.46. The molecule has 2 heterocycles. The van der Waals surface area contributed by atoms with Gasteiger partial charge in [-0.05, 0) is 37.1 Å². The Morgan fingerprint density at radius 1 is 1.22 bits per heavy atom. The lowest BCUT2D eigenvalue weighted by Gasteiger charge is -2.27. The molecule has 1 saturated heterocycles. The number of rotatable bonds is 9. The van der Waals surface area contributed by atoms with Crippen LogP contribution in [0.2, 0.25) is 5.02 Å². The van der Waals surface area contributed by atoms with Crippen LogP contribution in [-0.4, -0.2) is 61.8 Å². The fourth-order valence-corrected chi connectivity index (χ4v) is 5.03. The van der Waals surface area contributed by atoms with E-state index in [0.29, 0.717) is 23.3 Å². The second-order valence-corrected chi connectivity index (χ2v) is 9.07. The van der Waals surface area contributed by atoms with Gasteiger partial charge in [0.15, 0.2) is 5.13 Å². The Morgan fingerprint density at radius 3 is 2.81 bits per heavy atom. The molecule has 1 aliphatic heterocycles. The predicted octanol–water partition coefficient (Wildman–Crippen LogP) is 4.65. The van der Waals surface area contributed by atoms with Gasteiger partial charge >= 0.3 is 0 Å². The highest BCUT2D eigenvalue weighted by molar-refractivity contribution is 7.22. The maximum Gasteiger partial charge on any atom is 0.233 e. The smallest absolute Gasteiger partial charge is 0.233 e. The van der Waals surface area contributed by atoms with Gasteiger partial charge in [0, 0.05) is 31.2 Å². The van der Waals surface area contributed by atoms with Crippen molar-refractivity contribution in [2.24, 2.45) is 0 Å². The zero-order chi connectivity index (χ0) is 22.3. The molecular formula is C24H28ClN3O3S. The summed E-state index contributed by atoms with van der Waals surface area (Å²) >= 11 is 7.85. The lowest BCUT2D eigenvalue weighted by molar-refractivity contribution is -0.118. The van der Waals surface area contributed by atoms with Crippen LogP contribution in [0.1, 0.15) is 18.9 Å². The van der Waals surface area contributed by atoms with Crippen molar-refractivity contribution in [3.8, 4) is 5.75 Å². The average Bonchev–Trinajstić information content (AvgIpc) is 3.24. The number of para-hydroxylation sites is 1. The minimum absolute atomic E-state index is 0.00269. The lowest BCUT2D eigenvalue weighted by atomic mass is 10.1. The summed E-state index contributed by atoms with van der Waals surface area (Å²) in [6.45, 7) is 7.47. The molecule has 3 aromatic rings. The topological polar surface area (TPSA) is 54.9 Å². The van der Waals surface area contributed by atoms with Crippen molar-refractivity contribution in [1.82, 2.24) is 9.88 Å².